The van der Waals surface area contributed by atoms with Crippen LogP contribution in [-0.2, 0) is 11.3 Å². The van der Waals surface area contributed by atoms with Crippen LogP contribution in [0, 0.1) is 0 Å². The van der Waals surface area contributed by atoms with Crippen LogP contribution >= 0.6 is 0 Å². The van der Waals surface area contributed by atoms with Gasteiger partial charge in [0.2, 0.25) is 5.91 Å². The number of amides is 1. The maximum absolute atomic E-state index is 11.6. The molecule has 0 aliphatic carbocycles. The molecular weight excluding hydrogens is 246 g/mol. The van der Waals surface area contributed by atoms with E-state index in [1.807, 2.05) is 74.5 Å². The van der Waals surface area contributed by atoms with E-state index in [0.717, 1.165) is 11.1 Å². The lowest BCUT2D eigenvalue weighted by Crippen LogP contribution is -2.20. The summed E-state index contributed by atoms with van der Waals surface area (Å²) >= 11 is 0. The minimum absolute atomic E-state index is 0.0808. The van der Waals surface area contributed by atoms with E-state index in [4.69, 9.17) is 0 Å². The zero-order chi connectivity index (χ0) is 14.6. The number of benzene rings is 2. The van der Waals surface area contributed by atoms with Crippen molar-refractivity contribution in [2.24, 2.45) is 0 Å². The van der Waals surface area contributed by atoms with E-state index in [1.54, 1.807) is 12.2 Å². The van der Waals surface area contributed by atoms with Crippen LogP contribution in [0.3, 0.4) is 0 Å². The van der Waals surface area contributed by atoms with Crippen LogP contribution in [0.25, 0.3) is 6.08 Å². The molecule has 0 bridgehead atoms. The molecule has 0 saturated heterocycles. The molecule has 0 aromatic heterocycles. The van der Waals surface area contributed by atoms with Gasteiger partial charge in [-0.2, -0.15) is 0 Å². The molecule has 2 heteroatoms. The predicted octanol–water partition coefficient (Wildman–Crippen LogP) is 4.04. The first-order valence-electron chi connectivity index (χ1n) is 6.89. The van der Waals surface area contributed by atoms with Crippen molar-refractivity contribution in [3.8, 4) is 0 Å². The lowest BCUT2D eigenvalue weighted by Gasteiger charge is -2.01. The van der Waals surface area contributed by atoms with Gasteiger partial charge in [-0.05, 0) is 17.2 Å². The first-order chi connectivity index (χ1) is 9.84. The van der Waals surface area contributed by atoms with Crippen molar-refractivity contribution in [1.29, 1.82) is 0 Å². The summed E-state index contributed by atoms with van der Waals surface area (Å²) in [5.74, 6) is -0.0808. The topological polar surface area (TPSA) is 29.1 Å². The summed E-state index contributed by atoms with van der Waals surface area (Å²) in [7, 11) is 0. The molecule has 0 aliphatic rings. The average Bonchev–Trinajstić information content (AvgIpc) is 2.55. The third-order valence-corrected chi connectivity index (χ3v) is 2.54. The van der Waals surface area contributed by atoms with Gasteiger partial charge < -0.3 is 5.32 Å². The average molecular weight is 267 g/mol. The summed E-state index contributed by atoms with van der Waals surface area (Å²) in [5.41, 5.74) is 2.12. The van der Waals surface area contributed by atoms with Crippen LogP contribution < -0.4 is 5.32 Å². The largest absolute Gasteiger partial charge is 0.348 e. The normalized spacial score (nSPS) is 9.70. The van der Waals surface area contributed by atoms with E-state index in [1.165, 1.54) is 0 Å². The van der Waals surface area contributed by atoms with E-state index in [9.17, 15) is 4.79 Å². The molecule has 0 fully saturated rings. The minimum atomic E-state index is -0.0808. The molecule has 0 spiro atoms. The summed E-state index contributed by atoms with van der Waals surface area (Å²) < 4.78 is 0. The fraction of sp³-hybridized carbons (Fsp3) is 0.167. The van der Waals surface area contributed by atoms with Crippen LogP contribution in [0.15, 0.2) is 66.7 Å². The molecule has 2 nitrogen and oxygen atoms in total. The van der Waals surface area contributed by atoms with Crippen molar-refractivity contribution in [1.82, 2.24) is 5.32 Å². The Balaban J connectivity index is 0.000000956. The van der Waals surface area contributed by atoms with Crippen LogP contribution in [0.5, 0.6) is 0 Å². The zero-order valence-corrected chi connectivity index (χ0v) is 12.0. The lowest BCUT2D eigenvalue weighted by atomic mass is 10.2. The van der Waals surface area contributed by atoms with Crippen LogP contribution in [0.4, 0.5) is 0 Å². The van der Waals surface area contributed by atoms with Crippen LogP contribution in [0.2, 0.25) is 0 Å². The summed E-state index contributed by atoms with van der Waals surface area (Å²) in [4.78, 5) is 11.6. The molecule has 0 unspecified atom stereocenters. The van der Waals surface area contributed by atoms with E-state index < -0.39 is 0 Å². The van der Waals surface area contributed by atoms with Crippen molar-refractivity contribution in [3.63, 3.8) is 0 Å². The number of carbonyl (C=O) groups is 1. The zero-order valence-electron chi connectivity index (χ0n) is 12.0. The van der Waals surface area contributed by atoms with Crippen LogP contribution in [0.1, 0.15) is 25.0 Å². The molecule has 0 saturated carbocycles. The third kappa shape index (κ3) is 6.01. The quantitative estimate of drug-likeness (QED) is 0.832. The van der Waals surface area contributed by atoms with E-state index >= 15 is 0 Å². The highest BCUT2D eigenvalue weighted by molar-refractivity contribution is 5.91. The van der Waals surface area contributed by atoms with Crippen LogP contribution in [-0.4, -0.2) is 5.91 Å². The summed E-state index contributed by atoms with van der Waals surface area (Å²) in [6, 6.07) is 19.6. The molecular formula is C18H21NO. The first-order valence-corrected chi connectivity index (χ1v) is 6.89. The lowest BCUT2D eigenvalue weighted by molar-refractivity contribution is -0.116. The van der Waals surface area contributed by atoms with Gasteiger partial charge in [0.25, 0.3) is 0 Å². The SMILES string of the molecule is CC.O=C(/C=C/c1ccccc1)NCc1ccccc1. The molecule has 20 heavy (non-hydrogen) atoms. The Morgan fingerprint density at radius 3 is 2.10 bits per heavy atom. The van der Waals surface area contributed by atoms with Gasteiger partial charge in [-0.25, -0.2) is 0 Å². The molecule has 0 heterocycles. The van der Waals surface area contributed by atoms with Gasteiger partial charge in [-0.15, -0.1) is 0 Å². The Morgan fingerprint density at radius 1 is 0.950 bits per heavy atom. The van der Waals surface area contributed by atoms with Crippen molar-refractivity contribution in [3.05, 3.63) is 77.9 Å². The number of hydrogen-bond donors (Lipinski definition) is 1. The highest BCUT2D eigenvalue weighted by atomic mass is 16.1. The fourth-order valence-electron chi connectivity index (χ4n) is 1.58. The van der Waals surface area contributed by atoms with Gasteiger partial charge in [0.15, 0.2) is 0 Å². The van der Waals surface area contributed by atoms with Gasteiger partial charge in [0.1, 0.15) is 0 Å². The second-order valence-corrected chi connectivity index (χ2v) is 3.95. The summed E-state index contributed by atoms with van der Waals surface area (Å²) in [6.07, 6.45) is 3.36. The maximum atomic E-state index is 11.6. The third-order valence-electron chi connectivity index (χ3n) is 2.54. The minimum Gasteiger partial charge on any atom is -0.348 e. The van der Waals surface area contributed by atoms with Gasteiger partial charge in [0, 0.05) is 12.6 Å². The Kier molecular flexibility index (Phi) is 7.51. The molecule has 1 N–H and O–H groups in total. The Labute approximate surface area is 121 Å². The Morgan fingerprint density at radius 2 is 1.50 bits per heavy atom. The smallest absolute Gasteiger partial charge is 0.244 e. The highest BCUT2D eigenvalue weighted by Gasteiger charge is 1.95. The first kappa shape index (κ1) is 15.7. The fourth-order valence-corrected chi connectivity index (χ4v) is 1.58. The van der Waals surface area contributed by atoms with Gasteiger partial charge in [0.05, 0.1) is 0 Å². The molecule has 104 valence electrons. The van der Waals surface area contributed by atoms with E-state index in [2.05, 4.69) is 5.32 Å². The molecule has 0 atom stereocenters. The molecule has 1 amide bonds. The van der Waals surface area contributed by atoms with Gasteiger partial charge >= 0.3 is 0 Å². The van der Waals surface area contributed by atoms with Crippen molar-refractivity contribution < 1.29 is 4.79 Å². The van der Waals surface area contributed by atoms with Gasteiger partial charge in [-0.3, -0.25) is 4.79 Å². The number of hydrogen-bond acceptors (Lipinski definition) is 1. The van der Waals surface area contributed by atoms with Crippen molar-refractivity contribution >= 4 is 12.0 Å². The number of nitrogens with one attached hydrogen (secondary N) is 1. The van der Waals surface area contributed by atoms with Gasteiger partial charge in [-0.1, -0.05) is 74.5 Å². The predicted molar refractivity (Wildman–Crippen MR) is 85.1 cm³/mol. The van der Waals surface area contributed by atoms with E-state index in [-0.39, 0.29) is 5.91 Å². The number of rotatable bonds is 4. The molecule has 0 radical (unpaired) electrons. The molecule has 0 aliphatic heterocycles. The highest BCUT2D eigenvalue weighted by Crippen LogP contribution is 2.01. The second-order valence-electron chi connectivity index (χ2n) is 3.95. The van der Waals surface area contributed by atoms with Crippen molar-refractivity contribution in [2.45, 2.75) is 20.4 Å². The number of carbonyl (C=O) groups excluding carboxylic acids is 1. The molecule has 2 rings (SSSR count). The monoisotopic (exact) mass is 267 g/mol. The summed E-state index contributed by atoms with van der Waals surface area (Å²) in [6.45, 7) is 4.55. The summed E-state index contributed by atoms with van der Waals surface area (Å²) in [5, 5.41) is 2.84. The molecule has 2 aromatic carbocycles. The standard InChI is InChI=1S/C16H15NO.C2H6/c18-16(12-11-14-7-3-1-4-8-14)17-13-15-9-5-2-6-10-15;1-2/h1-12H,13H2,(H,17,18);1-2H3/b12-11+;. The van der Waals surface area contributed by atoms with Crippen molar-refractivity contribution in [2.75, 3.05) is 0 Å². The molecule has 2 aromatic rings. The van der Waals surface area contributed by atoms with E-state index in [0.29, 0.717) is 6.54 Å². The Bertz CT molecular complexity index is 518. The Hall–Kier alpha value is -2.35. The maximum Gasteiger partial charge on any atom is 0.244 e. The second kappa shape index (κ2) is 9.56.